The van der Waals surface area contributed by atoms with Crippen molar-refractivity contribution in [1.29, 1.82) is 0 Å². The van der Waals surface area contributed by atoms with E-state index < -0.39 is 0 Å². The molecule has 0 amide bonds. The van der Waals surface area contributed by atoms with Crippen LogP contribution in [0.5, 0.6) is 0 Å². The topological polar surface area (TPSA) is 55.0 Å². The maximum Gasteiger partial charge on any atom is 0.174 e. The van der Waals surface area contributed by atoms with Crippen LogP contribution in [0.25, 0.3) is 0 Å². The fourth-order valence-electron chi connectivity index (χ4n) is 2.29. The number of anilines is 1. The van der Waals surface area contributed by atoms with Crippen molar-refractivity contribution in [1.82, 2.24) is 15.1 Å². The third kappa shape index (κ3) is 2.13. The van der Waals surface area contributed by atoms with E-state index in [9.17, 15) is 0 Å². The van der Waals surface area contributed by atoms with E-state index in [0.717, 1.165) is 18.7 Å². The summed E-state index contributed by atoms with van der Waals surface area (Å²) in [5.41, 5.74) is 7.21. The smallest absolute Gasteiger partial charge is 0.174 e. The molecular formula is C11H17ClN4. The lowest BCUT2D eigenvalue weighted by Crippen LogP contribution is -2.30. The number of nitrogen functional groups attached to an aromatic ring is 1. The molecule has 1 aromatic rings. The summed E-state index contributed by atoms with van der Waals surface area (Å²) in [7, 11) is 0. The Bertz CT molecular complexity index is 380. The van der Waals surface area contributed by atoms with Gasteiger partial charge in [0, 0.05) is 6.04 Å². The molecule has 0 aromatic carbocycles. The van der Waals surface area contributed by atoms with Crippen LogP contribution in [0.4, 0.5) is 5.69 Å². The number of rotatable bonds is 2. The number of halogens is 1. The highest BCUT2D eigenvalue weighted by Gasteiger charge is 2.29. The van der Waals surface area contributed by atoms with Gasteiger partial charge in [0.2, 0.25) is 0 Å². The van der Waals surface area contributed by atoms with Gasteiger partial charge in [0.25, 0.3) is 0 Å². The van der Waals surface area contributed by atoms with Crippen molar-refractivity contribution in [2.24, 2.45) is 0 Å². The van der Waals surface area contributed by atoms with E-state index in [1.54, 1.807) is 0 Å². The summed E-state index contributed by atoms with van der Waals surface area (Å²) in [6.07, 6.45) is 2.32. The van der Waals surface area contributed by atoms with E-state index in [-0.39, 0.29) is 5.15 Å². The first kappa shape index (κ1) is 11.6. The summed E-state index contributed by atoms with van der Waals surface area (Å²) >= 11 is 5.77. The molecule has 1 saturated heterocycles. The molecule has 2 heterocycles. The second kappa shape index (κ2) is 4.55. The van der Waals surface area contributed by atoms with Gasteiger partial charge in [-0.3, -0.25) is 4.90 Å². The number of hydrogen-bond donors (Lipinski definition) is 1. The predicted molar refractivity (Wildman–Crippen MR) is 65.3 cm³/mol. The minimum absolute atomic E-state index is 0.290. The Labute approximate surface area is 101 Å². The average Bonchev–Trinajstić information content (AvgIpc) is 2.71. The maximum absolute atomic E-state index is 5.77. The van der Waals surface area contributed by atoms with Gasteiger partial charge in [-0.1, -0.05) is 11.6 Å². The van der Waals surface area contributed by atoms with Gasteiger partial charge in [0.15, 0.2) is 5.15 Å². The molecule has 1 aliphatic rings. The van der Waals surface area contributed by atoms with Crippen molar-refractivity contribution in [3.8, 4) is 0 Å². The van der Waals surface area contributed by atoms with E-state index in [1.807, 2.05) is 6.07 Å². The van der Waals surface area contributed by atoms with Gasteiger partial charge >= 0.3 is 0 Å². The summed E-state index contributed by atoms with van der Waals surface area (Å²) < 4.78 is 0. The van der Waals surface area contributed by atoms with Crippen molar-refractivity contribution in [2.45, 2.75) is 38.8 Å². The summed E-state index contributed by atoms with van der Waals surface area (Å²) in [5, 5.41) is 8.32. The van der Waals surface area contributed by atoms with Crippen molar-refractivity contribution in [2.75, 3.05) is 12.3 Å². The van der Waals surface area contributed by atoms with Crippen molar-refractivity contribution in [3.05, 3.63) is 16.9 Å². The summed E-state index contributed by atoms with van der Waals surface area (Å²) in [5.74, 6) is 0. The SMILES string of the molecule is CC(C)N1CCCC1c1cc(N)c(Cl)nn1. The van der Waals surface area contributed by atoms with Crippen LogP contribution in [0.2, 0.25) is 5.15 Å². The normalized spacial score (nSPS) is 21.9. The number of nitrogens with two attached hydrogens (primary N) is 1. The summed E-state index contributed by atoms with van der Waals surface area (Å²) in [4.78, 5) is 2.43. The fraction of sp³-hybridized carbons (Fsp3) is 0.636. The van der Waals surface area contributed by atoms with Gasteiger partial charge in [-0.15, -0.1) is 5.10 Å². The van der Waals surface area contributed by atoms with E-state index in [2.05, 4.69) is 28.9 Å². The van der Waals surface area contributed by atoms with E-state index in [0.29, 0.717) is 17.8 Å². The predicted octanol–water partition coefficient (Wildman–Crippen LogP) is 2.26. The van der Waals surface area contributed by atoms with E-state index >= 15 is 0 Å². The molecule has 16 heavy (non-hydrogen) atoms. The lowest BCUT2D eigenvalue weighted by Gasteiger charge is -2.27. The second-order valence-corrected chi connectivity index (χ2v) is 4.86. The third-order valence-electron chi connectivity index (χ3n) is 3.09. The van der Waals surface area contributed by atoms with E-state index in [1.165, 1.54) is 6.42 Å². The van der Waals surface area contributed by atoms with Crippen LogP contribution in [0.1, 0.15) is 38.4 Å². The van der Waals surface area contributed by atoms with Gasteiger partial charge in [-0.2, -0.15) is 5.10 Å². The fourth-order valence-corrected chi connectivity index (χ4v) is 2.39. The molecule has 0 saturated carbocycles. The lowest BCUT2D eigenvalue weighted by atomic mass is 10.1. The number of nitrogens with zero attached hydrogens (tertiary/aromatic N) is 3. The molecule has 1 atom stereocenters. The molecule has 2 N–H and O–H groups in total. The Morgan fingerprint density at radius 1 is 1.50 bits per heavy atom. The largest absolute Gasteiger partial charge is 0.396 e. The van der Waals surface area contributed by atoms with Gasteiger partial charge < -0.3 is 5.73 Å². The van der Waals surface area contributed by atoms with Crippen LogP contribution in [-0.2, 0) is 0 Å². The Morgan fingerprint density at radius 3 is 2.88 bits per heavy atom. The van der Waals surface area contributed by atoms with Crippen LogP contribution < -0.4 is 5.73 Å². The maximum atomic E-state index is 5.77. The number of likely N-dealkylation sites (tertiary alicyclic amines) is 1. The van der Waals surface area contributed by atoms with Crippen LogP contribution in [0.3, 0.4) is 0 Å². The highest BCUT2D eigenvalue weighted by Crippen LogP contribution is 2.33. The van der Waals surface area contributed by atoms with Crippen molar-refractivity contribution >= 4 is 17.3 Å². The first-order valence-corrected chi connectivity index (χ1v) is 6.01. The molecule has 4 nitrogen and oxygen atoms in total. The highest BCUT2D eigenvalue weighted by atomic mass is 35.5. The number of aromatic nitrogens is 2. The van der Waals surface area contributed by atoms with Crippen molar-refractivity contribution < 1.29 is 0 Å². The molecule has 2 rings (SSSR count). The molecule has 1 aromatic heterocycles. The first-order valence-electron chi connectivity index (χ1n) is 5.64. The minimum Gasteiger partial charge on any atom is -0.396 e. The zero-order chi connectivity index (χ0) is 11.7. The minimum atomic E-state index is 0.290. The average molecular weight is 241 g/mol. The van der Waals surface area contributed by atoms with Gasteiger partial charge in [0.1, 0.15) is 0 Å². The molecule has 1 unspecified atom stereocenters. The number of hydrogen-bond acceptors (Lipinski definition) is 4. The quantitative estimate of drug-likeness (QED) is 0.862. The monoisotopic (exact) mass is 240 g/mol. The molecule has 0 bridgehead atoms. The third-order valence-corrected chi connectivity index (χ3v) is 3.39. The van der Waals surface area contributed by atoms with Crippen molar-refractivity contribution in [3.63, 3.8) is 0 Å². The summed E-state index contributed by atoms with van der Waals surface area (Å²) in [6, 6.07) is 2.71. The van der Waals surface area contributed by atoms with Gasteiger partial charge in [-0.25, -0.2) is 0 Å². The molecule has 0 radical (unpaired) electrons. The molecule has 1 aliphatic heterocycles. The molecule has 88 valence electrons. The van der Waals surface area contributed by atoms with Crippen LogP contribution in [0, 0.1) is 0 Å². The van der Waals surface area contributed by atoms with Crippen LogP contribution in [0.15, 0.2) is 6.07 Å². The standard InChI is InChI=1S/C11H17ClN4/c1-7(2)16-5-3-4-10(16)9-6-8(13)11(12)15-14-9/h6-7,10H,3-5H2,1-2H3,(H2,13,14). The zero-order valence-electron chi connectivity index (χ0n) is 9.65. The highest BCUT2D eigenvalue weighted by molar-refractivity contribution is 6.31. The van der Waals surface area contributed by atoms with Gasteiger partial charge in [0.05, 0.1) is 17.4 Å². The molecule has 0 spiro atoms. The van der Waals surface area contributed by atoms with Crippen LogP contribution >= 0.6 is 11.6 Å². The summed E-state index contributed by atoms with van der Waals surface area (Å²) in [6.45, 7) is 5.52. The van der Waals surface area contributed by atoms with Crippen LogP contribution in [-0.4, -0.2) is 27.7 Å². The Balaban J connectivity index is 2.26. The van der Waals surface area contributed by atoms with E-state index in [4.69, 9.17) is 17.3 Å². The lowest BCUT2D eigenvalue weighted by molar-refractivity contribution is 0.201. The molecular weight excluding hydrogens is 224 g/mol. The Hall–Kier alpha value is -0.870. The zero-order valence-corrected chi connectivity index (χ0v) is 10.4. The first-order chi connectivity index (χ1) is 7.59. The second-order valence-electron chi connectivity index (χ2n) is 4.50. The van der Waals surface area contributed by atoms with Gasteiger partial charge in [-0.05, 0) is 39.3 Å². The Morgan fingerprint density at radius 2 is 2.25 bits per heavy atom. The Kier molecular flexibility index (Phi) is 3.30. The molecule has 5 heteroatoms. The molecule has 1 fully saturated rings. The molecule has 0 aliphatic carbocycles.